The van der Waals surface area contributed by atoms with E-state index in [4.69, 9.17) is 27.9 Å². The van der Waals surface area contributed by atoms with Gasteiger partial charge >= 0.3 is 5.97 Å². The summed E-state index contributed by atoms with van der Waals surface area (Å²) in [6, 6.07) is 9.41. The van der Waals surface area contributed by atoms with Gasteiger partial charge in [0.15, 0.2) is 0 Å². The maximum atomic E-state index is 13.3. The normalized spacial score (nSPS) is 12.2. The van der Waals surface area contributed by atoms with Crippen molar-refractivity contribution in [2.45, 2.75) is 39.5 Å². The highest BCUT2D eigenvalue weighted by Crippen LogP contribution is 2.35. The van der Waals surface area contributed by atoms with E-state index in [0.29, 0.717) is 39.4 Å². The minimum absolute atomic E-state index is 0.0504. The van der Waals surface area contributed by atoms with Crippen LogP contribution in [0.3, 0.4) is 0 Å². The van der Waals surface area contributed by atoms with Gasteiger partial charge in [-0.05, 0) is 62.2 Å². The Morgan fingerprint density at radius 3 is 2.53 bits per heavy atom. The maximum absolute atomic E-state index is 13.3. The lowest BCUT2D eigenvalue weighted by atomic mass is 9.98. The molecule has 2 aromatic carbocycles. The monoisotopic (exact) mass is 447 g/mol. The summed E-state index contributed by atoms with van der Waals surface area (Å²) in [5, 5.41) is 11.3. The number of phenolic OH excluding ortho intramolecular Hbond substituents is 1. The number of carbonyl (C=O) groups excluding carboxylic acids is 2. The molecular weight excluding hydrogens is 425 g/mol. The largest absolute Gasteiger partial charge is 0.508 e. The summed E-state index contributed by atoms with van der Waals surface area (Å²) in [6.07, 6.45) is 1.71. The Labute approximate surface area is 185 Å². The molecule has 1 atom stereocenters. The second-order valence-corrected chi connectivity index (χ2v) is 8.03. The molecule has 0 amide bonds. The summed E-state index contributed by atoms with van der Waals surface area (Å²) in [7, 11) is 0. The average Bonchev–Trinajstić information content (AvgIpc) is 2.99. The van der Waals surface area contributed by atoms with Crippen molar-refractivity contribution >= 4 is 46.0 Å². The Morgan fingerprint density at radius 2 is 1.87 bits per heavy atom. The molecule has 0 saturated heterocycles. The van der Waals surface area contributed by atoms with Crippen LogP contribution >= 0.6 is 23.2 Å². The Bertz CT molecular complexity index is 1120. The fourth-order valence-corrected chi connectivity index (χ4v) is 3.86. The molecule has 7 heteroatoms. The van der Waals surface area contributed by atoms with E-state index in [-0.39, 0.29) is 22.6 Å². The van der Waals surface area contributed by atoms with E-state index in [9.17, 15) is 14.7 Å². The SMILES string of the molecule is CCCCOC(=O)[C@@H](C)c1c(C)n(C(=O)c2ccc(Cl)c(Cl)c2)c2ccc(O)cc12. The zero-order valence-corrected chi connectivity index (χ0v) is 18.5. The third kappa shape index (κ3) is 4.18. The number of fused-ring (bicyclic) bond motifs is 1. The molecule has 0 unspecified atom stereocenters. The van der Waals surface area contributed by atoms with Gasteiger partial charge in [0, 0.05) is 16.6 Å². The fraction of sp³-hybridized carbons (Fsp3) is 0.304. The fourth-order valence-electron chi connectivity index (χ4n) is 3.56. The van der Waals surface area contributed by atoms with Crippen molar-refractivity contribution in [3.05, 3.63) is 63.3 Å². The Kier molecular flexibility index (Phi) is 6.74. The van der Waals surface area contributed by atoms with Crippen molar-refractivity contribution in [1.82, 2.24) is 4.57 Å². The average molecular weight is 448 g/mol. The number of aromatic hydroxyl groups is 1. The first-order valence-electron chi connectivity index (χ1n) is 9.76. The molecular formula is C23H23Cl2NO4. The quantitative estimate of drug-likeness (QED) is 0.366. The van der Waals surface area contributed by atoms with Crippen LogP contribution in [-0.2, 0) is 9.53 Å². The predicted octanol–water partition coefficient (Wildman–Crippen LogP) is 6.10. The van der Waals surface area contributed by atoms with E-state index in [0.717, 1.165) is 12.8 Å². The Hall–Kier alpha value is -2.50. The molecule has 0 saturated carbocycles. The van der Waals surface area contributed by atoms with Gasteiger partial charge < -0.3 is 9.84 Å². The molecule has 0 spiro atoms. The number of hydrogen-bond donors (Lipinski definition) is 1. The number of unbranched alkanes of at least 4 members (excludes halogenated alkanes) is 1. The van der Waals surface area contributed by atoms with Crippen LogP contribution in [-0.4, -0.2) is 28.2 Å². The summed E-state index contributed by atoms with van der Waals surface area (Å²) in [5.41, 5.74) is 2.20. The summed E-state index contributed by atoms with van der Waals surface area (Å²) < 4.78 is 6.92. The zero-order valence-electron chi connectivity index (χ0n) is 17.0. The number of carbonyl (C=O) groups is 2. The predicted molar refractivity (Wildman–Crippen MR) is 119 cm³/mol. The van der Waals surface area contributed by atoms with Crippen LogP contribution in [0.5, 0.6) is 5.75 Å². The van der Waals surface area contributed by atoms with E-state index in [1.165, 1.54) is 16.7 Å². The molecule has 3 rings (SSSR count). The van der Waals surface area contributed by atoms with Crippen molar-refractivity contribution in [3.63, 3.8) is 0 Å². The van der Waals surface area contributed by atoms with E-state index < -0.39 is 5.92 Å². The second kappa shape index (κ2) is 9.11. The van der Waals surface area contributed by atoms with Crippen molar-refractivity contribution in [3.8, 4) is 5.75 Å². The molecule has 0 aliphatic rings. The summed E-state index contributed by atoms with van der Waals surface area (Å²) in [4.78, 5) is 25.9. The van der Waals surface area contributed by atoms with Crippen molar-refractivity contribution in [2.75, 3.05) is 6.61 Å². The molecule has 158 valence electrons. The topological polar surface area (TPSA) is 68.5 Å². The van der Waals surface area contributed by atoms with Gasteiger partial charge in [0.25, 0.3) is 5.91 Å². The Balaban J connectivity index is 2.12. The number of aromatic nitrogens is 1. The first kappa shape index (κ1) is 22.2. The van der Waals surface area contributed by atoms with Gasteiger partial charge in [-0.3, -0.25) is 14.2 Å². The number of rotatable bonds is 6. The summed E-state index contributed by atoms with van der Waals surface area (Å²) in [5.74, 6) is -1.22. The first-order valence-corrected chi connectivity index (χ1v) is 10.5. The molecule has 0 aliphatic heterocycles. The summed E-state index contributed by atoms with van der Waals surface area (Å²) in [6.45, 7) is 5.89. The molecule has 0 radical (unpaired) electrons. The molecule has 1 N–H and O–H groups in total. The van der Waals surface area contributed by atoms with Gasteiger partial charge in [0.1, 0.15) is 5.75 Å². The highest BCUT2D eigenvalue weighted by atomic mass is 35.5. The van der Waals surface area contributed by atoms with Gasteiger partial charge in [-0.1, -0.05) is 36.5 Å². The van der Waals surface area contributed by atoms with Crippen LogP contribution in [0.4, 0.5) is 0 Å². The maximum Gasteiger partial charge on any atom is 0.313 e. The van der Waals surface area contributed by atoms with Crippen LogP contribution in [0.25, 0.3) is 10.9 Å². The number of benzene rings is 2. The lowest BCUT2D eigenvalue weighted by molar-refractivity contribution is -0.145. The Morgan fingerprint density at radius 1 is 1.13 bits per heavy atom. The highest BCUT2D eigenvalue weighted by molar-refractivity contribution is 6.42. The molecule has 5 nitrogen and oxygen atoms in total. The molecule has 1 heterocycles. The summed E-state index contributed by atoms with van der Waals surface area (Å²) >= 11 is 12.1. The number of phenols is 1. The second-order valence-electron chi connectivity index (χ2n) is 7.21. The van der Waals surface area contributed by atoms with Crippen molar-refractivity contribution < 1.29 is 19.4 Å². The van der Waals surface area contributed by atoms with Crippen LogP contribution in [0.15, 0.2) is 36.4 Å². The van der Waals surface area contributed by atoms with Crippen LogP contribution in [0.2, 0.25) is 10.0 Å². The number of ether oxygens (including phenoxy) is 1. The lowest BCUT2D eigenvalue weighted by Gasteiger charge is -2.13. The van der Waals surface area contributed by atoms with Gasteiger partial charge in [-0.25, -0.2) is 0 Å². The highest BCUT2D eigenvalue weighted by Gasteiger charge is 2.27. The third-order valence-electron chi connectivity index (χ3n) is 5.13. The van der Waals surface area contributed by atoms with E-state index >= 15 is 0 Å². The lowest BCUT2D eigenvalue weighted by Crippen LogP contribution is -2.17. The van der Waals surface area contributed by atoms with Crippen molar-refractivity contribution in [1.29, 1.82) is 0 Å². The number of halogens is 2. The third-order valence-corrected chi connectivity index (χ3v) is 5.87. The number of hydrogen-bond acceptors (Lipinski definition) is 4. The van der Waals surface area contributed by atoms with Crippen molar-refractivity contribution in [2.24, 2.45) is 0 Å². The van der Waals surface area contributed by atoms with E-state index in [1.807, 2.05) is 6.92 Å². The van der Waals surface area contributed by atoms with Gasteiger partial charge in [-0.2, -0.15) is 0 Å². The minimum Gasteiger partial charge on any atom is -0.508 e. The zero-order chi connectivity index (χ0) is 22.0. The molecule has 3 aromatic rings. The number of esters is 1. The smallest absolute Gasteiger partial charge is 0.313 e. The molecule has 1 aromatic heterocycles. The molecule has 0 fully saturated rings. The standard InChI is InChI=1S/C23H23Cl2NO4/c1-4-5-10-30-23(29)13(2)21-14(3)26(20-9-7-16(27)12-17(20)21)22(28)15-6-8-18(24)19(25)11-15/h6-9,11-13,27H,4-5,10H2,1-3H3/t13-/m0/s1. The van der Waals surface area contributed by atoms with E-state index in [2.05, 4.69) is 0 Å². The van der Waals surface area contributed by atoms with Crippen LogP contribution in [0, 0.1) is 6.92 Å². The van der Waals surface area contributed by atoms with Crippen LogP contribution in [0.1, 0.15) is 54.2 Å². The van der Waals surface area contributed by atoms with E-state index in [1.54, 1.807) is 38.1 Å². The van der Waals surface area contributed by atoms with Gasteiger partial charge in [0.05, 0.1) is 28.1 Å². The molecule has 0 bridgehead atoms. The van der Waals surface area contributed by atoms with Crippen LogP contribution < -0.4 is 0 Å². The first-order chi connectivity index (χ1) is 14.3. The molecule has 0 aliphatic carbocycles. The molecule has 30 heavy (non-hydrogen) atoms. The van der Waals surface area contributed by atoms with Gasteiger partial charge in [0.2, 0.25) is 0 Å². The minimum atomic E-state index is -0.603. The number of nitrogens with zero attached hydrogens (tertiary/aromatic N) is 1. The van der Waals surface area contributed by atoms with Gasteiger partial charge in [-0.15, -0.1) is 0 Å².